The molecule has 23 heavy (non-hydrogen) atoms. The number of amides is 1. The van der Waals surface area contributed by atoms with Crippen LogP contribution in [0.1, 0.15) is 55.8 Å². The van der Waals surface area contributed by atoms with Crippen LogP contribution in [0.4, 0.5) is 0 Å². The van der Waals surface area contributed by atoms with Gasteiger partial charge in [0.05, 0.1) is 5.56 Å². The summed E-state index contributed by atoms with van der Waals surface area (Å²) in [5.41, 5.74) is 0.469. The molecule has 0 aromatic heterocycles. The van der Waals surface area contributed by atoms with Crippen molar-refractivity contribution in [1.82, 2.24) is 5.32 Å². The van der Waals surface area contributed by atoms with Gasteiger partial charge in [-0.1, -0.05) is 25.7 Å². The van der Waals surface area contributed by atoms with E-state index in [2.05, 4.69) is 5.32 Å². The van der Waals surface area contributed by atoms with Crippen LogP contribution in [0.25, 0.3) is 0 Å². The Hall–Kier alpha value is -1.49. The van der Waals surface area contributed by atoms with E-state index in [0.717, 1.165) is 30.6 Å². The first-order valence-electron chi connectivity index (χ1n) is 8.25. The highest BCUT2D eigenvalue weighted by Gasteiger charge is 2.22. The quantitative estimate of drug-likeness (QED) is 0.505. The van der Waals surface area contributed by atoms with Crippen molar-refractivity contribution >= 4 is 23.6 Å². The van der Waals surface area contributed by atoms with Crippen molar-refractivity contribution in [3.8, 4) is 0 Å². The van der Waals surface area contributed by atoms with Gasteiger partial charge in [0, 0.05) is 10.9 Å². The van der Waals surface area contributed by atoms with E-state index in [9.17, 15) is 9.59 Å². The van der Waals surface area contributed by atoms with Gasteiger partial charge < -0.3 is 10.1 Å². The molecular weight excluding hydrogens is 310 g/mol. The van der Waals surface area contributed by atoms with Crippen molar-refractivity contribution < 1.29 is 14.3 Å². The van der Waals surface area contributed by atoms with Gasteiger partial charge in [0.1, 0.15) is 0 Å². The van der Waals surface area contributed by atoms with Crippen LogP contribution >= 0.6 is 11.8 Å². The minimum Gasteiger partial charge on any atom is -0.449 e. The molecule has 1 aliphatic carbocycles. The maximum atomic E-state index is 12.2. The first-order chi connectivity index (χ1) is 11.1. The average Bonchev–Trinajstić information content (AvgIpc) is 2.83. The summed E-state index contributed by atoms with van der Waals surface area (Å²) in [6.45, 7) is 1.63. The number of ether oxygens (including phenoxy) is 1. The van der Waals surface area contributed by atoms with E-state index in [1.807, 2.05) is 18.4 Å². The Morgan fingerprint density at radius 1 is 1.13 bits per heavy atom. The normalized spacial score (nSPS) is 17.1. The molecule has 1 N–H and O–H groups in total. The maximum absolute atomic E-state index is 12.2. The zero-order valence-corrected chi connectivity index (χ0v) is 14.7. The van der Waals surface area contributed by atoms with Gasteiger partial charge in [-0.05, 0) is 50.3 Å². The molecule has 1 atom stereocenters. The number of hydrogen-bond acceptors (Lipinski definition) is 4. The molecule has 5 heteroatoms. The van der Waals surface area contributed by atoms with Gasteiger partial charge in [-0.3, -0.25) is 4.79 Å². The van der Waals surface area contributed by atoms with Crippen molar-refractivity contribution in [2.75, 3.05) is 6.26 Å². The average molecular weight is 335 g/mol. The number of esters is 1. The van der Waals surface area contributed by atoms with Crippen LogP contribution in [0.2, 0.25) is 0 Å². The number of rotatable bonds is 5. The summed E-state index contributed by atoms with van der Waals surface area (Å²) < 4.78 is 5.29. The zero-order valence-electron chi connectivity index (χ0n) is 13.8. The molecule has 1 saturated carbocycles. The molecule has 1 fully saturated rings. The predicted octanol–water partition coefficient (Wildman–Crippen LogP) is 3.79. The highest BCUT2D eigenvalue weighted by atomic mass is 32.2. The summed E-state index contributed by atoms with van der Waals surface area (Å²) in [6, 6.07) is 7.41. The maximum Gasteiger partial charge on any atom is 0.338 e. The van der Waals surface area contributed by atoms with E-state index in [4.69, 9.17) is 4.74 Å². The molecule has 0 heterocycles. The lowest BCUT2D eigenvalue weighted by Crippen LogP contribution is -2.41. The van der Waals surface area contributed by atoms with Gasteiger partial charge in [0.25, 0.3) is 5.91 Å². The highest BCUT2D eigenvalue weighted by molar-refractivity contribution is 7.98. The Morgan fingerprint density at radius 3 is 2.30 bits per heavy atom. The van der Waals surface area contributed by atoms with E-state index in [-0.39, 0.29) is 11.9 Å². The van der Waals surface area contributed by atoms with Gasteiger partial charge in [0.2, 0.25) is 0 Å². The Kier molecular flexibility index (Phi) is 6.96. The van der Waals surface area contributed by atoms with Crippen LogP contribution < -0.4 is 5.32 Å². The zero-order chi connectivity index (χ0) is 16.7. The number of hydrogen-bond donors (Lipinski definition) is 1. The van der Waals surface area contributed by atoms with Crippen molar-refractivity contribution in [3.05, 3.63) is 29.8 Å². The van der Waals surface area contributed by atoms with Crippen LogP contribution in [0.5, 0.6) is 0 Å². The number of thioether (sulfide) groups is 1. The molecule has 2 rings (SSSR count). The van der Waals surface area contributed by atoms with Gasteiger partial charge in [-0.15, -0.1) is 11.8 Å². The van der Waals surface area contributed by atoms with Crippen LogP contribution in [0.3, 0.4) is 0 Å². The third-order valence-electron chi connectivity index (χ3n) is 4.18. The van der Waals surface area contributed by atoms with Gasteiger partial charge in [0.15, 0.2) is 6.10 Å². The fourth-order valence-electron chi connectivity index (χ4n) is 2.75. The Balaban J connectivity index is 1.85. The molecule has 4 nitrogen and oxygen atoms in total. The highest BCUT2D eigenvalue weighted by Crippen LogP contribution is 2.18. The van der Waals surface area contributed by atoms with Crippen LogP contribution in [-0.2, 0) is 9.53 Å². The fourth-order valence-corrected chi connectivity index (χ4v) is 3.16. The number of nitrogens with one attached hydrogen (secondary N) is 1. The molecule has 0 bridgehead atoms. The standard InChI is InChI=1S/C18H25NO3S/c1-13(17(20)19-15-7-5-3-4-6-8-15)22-18(21)14-9-11-16(23-2)12-10-14/h9-13,15H,3-8H2,1-2H3,(H,19,20)/t13-/m1/s1. The SMILES string of the molecule is CSc1ccc(C(=O)O[C@H](C)C(=O)NC2CCCCCC2)cc1. The van der Waals surface area contributed by atoms with Crippen molar-refractivity contribution in [2.45, 2.75) is 62.5 Å². The van der Waals surface area contributed by atoms with Crippen molar-refractivity contribution in [1.29, 1.82) is 0 Å². The Labute approximate surface area is 142 Å². The van der Waals surface area contributed by atoms with Crippen molar-refractivity contribution in [2.24, 2.45) is 0 Å². The largest absolute Gasteiger partial charge is 0.449 e. The first kappa shape index (κ1) is 17.9. The molecule has 0 aliphatic heterocycles. The van der Waals surface area contributed by atoms with Crippen LogP contribution in [0, 0.1) is 0 Å². The van der Waals surface area contributed by atoms with Crippen molar-refractivity contribution in [3.63, 3.8) is 0 Å². The lowest BCUT2D eigenvalue weighted by atomic mass is 10.1. The molecular formula is C18H25NO3S. The third-order valence-corrected chi connectivity index (χ3v) is 4.92. The second-order valence-corrected chi connectivity index (χ2v) is 6.85. The molecule has 126 valence electrons. The molecule has 0 saturated heterocycles. The molecule has 1 aliphatic rings. The van der Waals surface area contributed by atoms with E-state index in [1.54, 1.807) is 30.8 Å². The lowest BCUT2D eigenvalue weighted by molar-refractivity contribution is -0.129. The monoisotopic (exact) mass is 335 g/mol. The lowest BCUT2D eigenvalue weighted by Gasteiger charge is -2.19. The van der Waals surface area contributed by atoms with Crippen LogP contribution in [0.15, 0.2) is 29.2 Å². The molecule has 1 aromatic rings. The second-order valence-electron chi connectivity index (χ2n) is 5.97. The van der Waals surface area contributed by atoms with E-state index >= 15 is 0 Å². The van der Waals surface area contributed by atoms with Gasteiger partial charge >= 0.3 is 5.97 Å². The first-order valence-corrected chi connectivity index (χ1v) is 9.48. The molecule has 1 amide bonds. The van der Waals surface area contributed by atoms with Gasteiger partial charge in [-0.2, -0.15) is 0 Å². The Morgan fingerprint density at radius 2 is 1.74 bits per heavy atom. The predicted molar refractivity (Wildman–Crippen MR) is 92.7 cm³/mol. The van der Waals surface area contributed by atoms with E-state index in [1.165, 1.54) is 12.8 Å². The molecule has 1 aromatic carbocycles. The summed E-state index contributed by atoms with van der Waals surface area (Å²) in [5, 5.41) is 3.01. The Bertz CT molecular complexity index is 522. The second kappa shape index (κ2) is 8.96. The van der Waals surface area contributed by atoms with E-state index < -0.39 is 12.1 Å². The number of carbonyl (C=O) groups excluding carboxylic acids is 2. The molecule has 0 spiro atoms. The summed E-state index contributed by atoms with van der Waals surface area (Å²) in [7, 11) is 0. The molecule has 0 unspecified atom stereocenters. The minimum atomic E-state index is -0.772. The van der Waals surface area contributed by atoms with Gasteiger partial charge in [-0.25, -0.2) is 4.79 Å². The number of carbonyl (C=O) groups is 2. The minimum absolute atomic E-state index is 0.203. The summed E-state index contributed by atoms with van der Waals surface area (Å²) in [4.78, 5) is 25.4. The molecule has 0 radical (unpaired) electrons. The smallest absolute Gasteiger partial charge is 0.338 e. The summed E-state index contributed by atoms with van der Waals surface area (Å²) >= 11 is 1.61. The number of benzene rings is 1. The third kappa shape index (κ3) is 5.57. The van der Waals surface area contributed by atoms with E-state index in [0.29, 0.717) is 5.56 Å². The summed E-state index contributed by atoms with van der Waals surface area (Å²) in [6.07, 6.45) is 8.03. The topological polar surface area (TPSA) is 55.4 Å². The summed E-state index contributed by atoms with van der Waals surface area (Å²) in [5.74, 6) is -0.660. The van der Waals surface area contributed by atoms with Crippen LogP contribution in [-0.4, -0.2) is 30.3 Å². The fraction of sp³-hybridized carbons (Fsp3) is 0.556.